The van der Waals surface area contributed by atoms with Crippen LogP contribution < -0.4 is 15.4 Å². The van der Waals surface area contributed by atoms with Gasteiger partial charge in [0, 0.05) is 19.0 Å². The summed E-state index contributed by atoms with van der Waals surface area (Å²) in [5.74, 6) is 0.332. The summed E-state index contributed by atoms with van der Waals surface area (Å²) in [6.45, 7) is 4.26. The fourth-order valence-electron chi connectivity index (χ4n) is 4.04. The van der Waals surface area contributed by atoms with Gasteiger partial charge in [0.2, 0.25) is 5.91 Å². The molecular formula is C21H30N4O5S. The van der Waals surface area contributed by atoms with E-state index in [1.165, 1.54) is 17.0 Å². The molecule has 1 saturated carbocycles. The molecule has 170 valence electrons. The number of amides is 5. The summed E-state index contributed by atoms with van der Waals surface area (Å²) in [6, 6.07) is 4.32. The Morgan fingerprint density at radius 3 is 2.45 bits per heavy atom. The lowest BCUT2D eigenvalue weighted by Gasteiger charge is -2.26. The molecule has 9 nitrogen and oxygen atoms in total. The molecule has 1 saturated heterocycles. The number of carbonyl (C=O) groups is 3. The van der Waals surface area contributed by atoms with Crippen molar-refractivity contribution in [1.29, 1.82) is 0 Å². The number of benzene rings is 1. The zero-order valence-corrected chi connectivity index (χ0v) is 18.7. The highest BCUT2D eigenvalue weighted by molar-refractivity contribution is 7.90. The second kappa shape index (κ2) is 9.67. The van der Waals surface area contributed by atoms with Gasteiger partial charge in [-0.2, -0.15) is 0 Å². The highest BCUT2D eigenvalue weighted by Gasteiger charge is 2.27. The molecule has 1 aromatic rings. The second-order valence-corrected chi connectivity index (χ2v) is 10.1. The second-order valence-electron chi connectivity index (χ2n) is 8.44. The predicted octanol–water partition coefficient (Wildman–Crippen LogP) is 2.65. The van der Waals surface area contributed by atoms with Crippen LogP contribution in [0.5, 0.6) is 0 Å². The minimum absolute atomic E-state index is 0.0103. The summed E-state index contributed by atoms with van der Waals surface area (Å²) in [5, 5.41) is 5.48. The van der Waals surface area contributed by atoms with Crippen LogP contribution in [-0.4, -0.2) is 43.9 Å². The third-order valence-corrected chi connectivity index (χ3v) is 7.20. The van der Waals surface area contributed by atoms with E-state index in [-0.39, 0.29) is 16.8 Å². The van der Waals surface area contributed by atoms with E-state index in [4.69, 9.17) is 0 Å². The van der Waals surface area contributed by atoms with E-state index in [0.29, 0.717) is 24.4 Å². The number of likely N-dealkylation sites (tertiary alicyclic amines) is 1. The fraction of sp³-hybridized carbons (Fsp3) is 0.571. The van der Waals surface area contributed by atoms with Gasteiger partial charge in [-0.25, -0.2) is 22.7 Å². The topological polar surface area (TPSA) is 125 Å². The number of carbonyl (C=O) groups excluding carboxylic acids is 3. The van der Waals surface area contributed by atoms with Crippen LogP contribution in [0.2, 0.25) is 0 Å². The highest BCUT2D eigenvalue weighted by atomic mass is 32.2. The largest absolute Gasteiger partial charge is 0.335 e. The summed E-state index contributed by atoms with van der Waals surface area (Å²) in [7, 11) is -4.01. The van der Waals surface area contributed by atoms with Gasteiger partial charge in [-0.05, 0) is 62.6 Å². The Morgan fingerprint density at radius 2 is 1.84 bits per heavy atom. The normalized spacial score (nSPS) is 22.6. The molecule has 2 fully saturated rings. The van der Waals surface area contributed by atoms with Crippen molar-refractivity contribution in [2.75, 3.05) is 6.54 Å². The average molecular weight is 451 g/mol. The van der Waals surface area contributed by atoms with E-state index in [1.54, 1.807) is 19.1 Å². The van der Waals surface area contributed by atoms with Crippen LogP contribution in [0, 0.1) is 5.92 Å². The summed E-state index contributed by atoms with van der Waals surface area (Å²) < 4.78 is 27.0. The summed E-state index contributed by atoms with van der Waals surface area (Å²) in [4.78, 5) is 37.5. The van der Waals surface area contributed by atoms with Crippen molar-refractivity contribution in [3.63, 3.8) is 0 Å². The van der Waals surface area contributed by atoms with E-state index in [0.717, 1.165) is 32.1 Å². The smallest absolute Gasteiger partial charge is 0.328 e. The SMILES string of the molecule is CC1CCC(NC(=O)NS(=O)(=O)c2ccc(C(C)NC(=O)N3CCCCC3=O)cc2)C1. The van der Waals surface area contributed by atoms with Gasteiger partial charge in [-0.3, -0.25) is 9.69 Å². The van der Waals surface area contributed by atoms with Crippen molar-refractivity contribution in [1.82, 2.24) is 20.3 Å². The van der Waals surface area contributed by atoms with E-state index in [2.05, 4.69) is 22.3 Å². The van der Waals surface area contributed by atoms with Gasteiger partial charge in [0.1, 0.15) is 0 Å². The van der Waals surface area contributed by atoms with Crippen LogP contribution in [-0.2, 0) is 14.8 Å². The number of nitrogens with one attached hydrogen (secondary N) is 3. The number of hydrogen-bond donors (Lipinski definition) is 3. The third kappa shape index (κ3) is 5.96. The van der Waals surface area contributed by atoms with E-state index < -0.39 is 28.1 Å². The fourth-order valence-corrected chi connectivity index (χ4v) is 4.95. The molecule has 1 aliphatic heterocycles. The monoisotopic (exact) mass is 450 g/mol. The quantitative estimate of drug-likeness (QED) is 0.636. The molecule has 0 radical (unpaired) electrons. The number of sulfonamides is 1. The number of piperidine rings is 1. The zero-order valence-electron chi connectivity index (χ0n) is 17.9. The highest BCUT2D eigenvalue weighted by Crippen LogP contribution is 2.24. The Labute approximate surface area is 183 Å². The minimum Gasteiger partial charge on any atom is -0.335 e. The molecule has 3 rings (SSSR count). The number of rotatable bonds is 5. The Balaban J connectivity index is 1.57. The molecule has 3 unspecified atom stereocenters. The van der Waals surface area contributed by atoms with Crippen LogP contribution in [0.3, 0.4) is 0 Å². The molecule has 0 bridgehead atoms. The first-order chi connectivity index (χ1) is 14.7. The van der Waals surface area contributed by atoms with Crippen molar-refractivity contribution in [3.8, 4) is 0 Å². The maximum atomic E-state index is 12.5. The summed E-state index contributed by atoms with van der Waals surface area (Å²) >= 11 is 0. The van der Waals surface area contributed by atoms with Crippen LogP contribution in [0.15, 0.2) is 29.2 Å². The lowest BCUT2D eigenvalue weighted by atomic mass is 10.1. The Bertz CT molecular complexity index is 932. The van der Waals surface area contributed by atoms with Gasteiger partial charge in [0.25, 0.3) is 10.0 Å². The van der Waals surface area contributed by atoms with Crippen molar-refractivity contribution in [3.05, 3.63) is 29.8 Å². The van der Waals surface area contributed by atoms with Crippen molar-refractivity contribution >= 4 is 28.0 Å². The summed E-state index contributed by atoms with van der Waals surface area (Å²) in [6.07, 6.45) is 4.65. The Morgan fingerprint density at radius 1 is 1.13 bits per heavy atom. The van der Waals surface area contributed by atoms with Gasteiger partial charge in [-0.15, -0.1) is 0 Å². The molecule has 5 amide bonds. The third-order valence-electron chi connectivity index (χ3n) is 5.86. The van der Waals surface area contributed by atoms with E-state index in [1.807, 2.05) is 0 Å². The van der Waals surface area contributed by atoms with Gasteiger partial charge in [0.15, 0.2) is 0 Å². The standard InChI is InChI=1S/C21H30N4O5S/c1-14-6-9-17(13-14)23-20(27)24-31(29,30)18-10-7-16(8-11-18)15(2)22-21(28)25-12-4-3-5-19(25)26/h7-8,10-11,14-15,17H,3-6,9,12-13H2,1-2H3,(H,22,28)(H2,23,24,27). The summed E-state index contributed by atoms with van der Waals surface area (Å²) in [5.41, 5.74) is 0.682. The average Bonchev–Trinajstić information content (AvgIpc) is 3.12. The van der Waals surface area contributed by atoms with Crippen molar-refractivity contribution in [2.24, 2.45) is 5.92 Å². The molecular weight excluding hydrogens is 420 g/mol. The van der Waals surface area contributed by atoms with Gasteiger partial charge >= 0.3 is 12.1 Å². The number of urea groups is 2. The van der Waals surface area contributed by atoms with Gasteiger partial charge < -0.3 is 10.6 Å². The van der Waals surface area contributed by atoms with E-state index >= 15 is 0 Å². The number of nitrogens with zero attached hydrogens (tertiary/aromatic N) is 1. The first kappa shape index (κ1) is 23.1. The van der Waals surface area contributed by atoms with Crippen LogP contribution >= 0.6 is 0 Å². The van der Waals surface area contributed by atoms with Crippen molar-refractivity contribution < 1.29 is 22.8 Å². The lowest BCUT2D eigenvalue weighted by molar-refractivity contribution is -0.130. The number of hydrogen-bond acceptors (Lipinski definition) is 5. The first-order valence-corrected chi connectivity index (χ1v) is 12.2. The Kier molecular flexibility index (Phi) is 7.19. The maximum absolute atomic E-state index is 12.5. The zero-order chi connectivity index (χ0) is 22.6. The predicted molar refractivity (Wildman–Crippen MR) is 115 cm³/mol. The number of imide groups is 1. The lowest BCUT2D eigenvalue weighted by Crippen LogP contribution is -2.46. The van der Waals surface area contributed by atoms with Crippen molar-refractivity contribution in [2.45, 2.75) is 69.4 Å². The van der Waals surface area contributed by atoms with Gasteiger partial charge in [0.05, 0.1) is 10.9 Å². The van der Waals surface area contributed by atoms with Crippen LogP contribution in [0.1, 0.15) is 64.0 Å². The molecule has 3 N–H and O–H groups in total. The van der Waals surface area contributed by atoms with Gasteiger partial charge in [-0.1, -0.05) is 19.1 Å². The molecule has 2 aliphatic rings. The molecule has 31 heavy (non-hydrogen) atoms. The maximum Gasteiger partial charge on any atom is 0.328 e. The Hall–Kier alpha value is -2.62. The molecule has 10 heteroatoms. The molecule has 1 aliphatic carbocycles. The molecule has 1 heterocycles. The molecule has 0 spiro atoms. The van der Waals surface area contributed by atoms with E-state index in [9.17, 15) is 22.8 Å². The van der Waals surface area contributed by atoms with Crippen LogP contribution in [0.4, 0.5) is 9.59 Å². The molecule has 3 atom stereocenters. The first-order valence-electron chi connectivity index (χ1n) is 10.7. The minimum atomic E-state index is -4.01. The van der Waals surface area contributed by atoms with Crippen LogP contribution in [0.25, 0.3) is 0 Å². The molecule has 0 aromatic heterocycles. The molecule has 1 aromatic carbocycles.